The van der Waals surface area contributed by atoms with Crippen molar-refractivity contribution in [2.24, 2.45) is 0 Å². The van der Waals surface area contributed by atoms with Crippen LogP contribution in [-0.2, 0) is 11.5 Å². The van der Waals surface area contributed by atoms with Crippen LogP contribution in [0.1, 0.15) is 33.5 Å². The minimum atomic E-state index is -3.86. The van der Waals surface area contributed by atoms with Gasteiger partial charge in [-0.2, -0.15) is 14.0 Å². The van der Waals surface area contributed by atoms with E-state index in [4.69, 9.17) is 16.9 Å². The molecule has 0 aliphatic rings. The van der Waals surface area contributed by atoms with Gasteiger partial charge in [0.25, 0.3) is 0 Å². The number of pyridine rings is 1. The molecule has 5 nitrogen and oxygen atoms in total. The quantitative estimate of drug-likeness (QED) is 0.430. The van der Waals surface area contributed by atoms with Crippen molar-refractivity contribution >= 4 is 11.6 Å². The predicted octanol–water partition coefficient (Wildman–Crippen LogP) is 4.82. The largest absolute Gasteiger partial charge is 0.374 e. The Labute approximate surface area is 199 Å². The molecule has 0 saturated heterocycles. The molecule has 1 N–H and O–H groups in total. The Bertz CT molecular complexity index is 1390. The molecular formula is C26H15ClF2N4O. The van der Waals surface area contributed by atoms with Gasteiger partial charge in [-0.05, 0) is 54.1 Å². The van der Waals surface area contributed by atoms with Crippen LogP contribution in [0.3, 0.4) is 0 Å². The van der Waals surface area contributed by atoms with E-state index in [1.807, 2.05) is 6.07 Å². The highest BCUT2D eigenvalue weighted by atomic mass is 35.5. The SMILES string of the molecule is N#Cc1ccc(C#Cc2ccc(C(F)(F)C(O)(c3ccc(Cl)cc3)c3cncnc3)nc2)cc1. The zero-order chi connectivity index (χ0) is 24.2. The van der Waals surface area contributed by atoms with E-state index in [0.717, 1.165) is 18.5 Å². The third-order valence-corrected chi connectivity index (χ3v) is 5.40. The van der Waals surface area contributed by atoms with Gasteiger partial charge in [0.1, 0.15) is 12.0 Å². The minimum absolute atomic E-state index is 0.0943. The number of rotatable bonds is 4. The number of hydrogen-bond acceptors (Lipinski definition) is 5. The van der Waals surface area contributed by atoms with Gasteiger partial charge in [0.05, 0.1) is 11.6 Å². The van der Waals surface area contributed by atoms with E-state index >= 15 is 8.78 Å². The number of alkyl halides is 2. The Morgan fingerprint density at radius 2 is 1.35 bits per heavy atom. The molecule has 4 rings (SSSR count). The van der Waals surface area contributed by atoms with Gasteiger partial charge in [0.2, 0.25) is 0 Å². The van der Waals surface area contributed by atoms with Crippen LogP contribution in [-0.4, -0.2) is 20.1 Å². The summed E-state index contributed by atoms with van der Waals surface area (Å²) in [6, 6.07) is 16.7. The lowest BCUT2D eigenvalue weighted by atomic mass is 9.80. The van der Waals surface area contributed by atoms with Crippen molar-refractivity contribution in [3.63, 3.8) is 0 Å². The maximum absolute atomic E-state index is 15.9. The van der Waals surface area contributed by atoms with Gasteiger partial charge in [-0.1, -0.05) is 35.6 Å². The van der Waals surface area contributed by atoms with Crippen molar-refractivity contribution < 1.29 is 13.9 Å². The van der Waals surface area contributed by atoms with Gasteiger partial charge >= 0.3 is 5.92 Å². The number of nitrogens with zero attached hydrogens (tertiary/aromatic N) is 4. The van der Waals surface area contributed by atoms with Crippen LogP contribution < -0.4 is 0 Å². The summed E-state index contributed by atoms with van der Waals surface area (Å²) < 4.78 is 31.7. The standard InChI is InChI=1S/C26H15ClF2N4O/c27-23-10-8-21(9-11-23)25(34,22-15-31-17-32-16-22)26(28,29)24-12-7-20(14-33-24)6-3-18-1-4-19(13-30)5-2-18/h1-2,4-5,7-12,14-17,34H. The maximum atomic E-state index is 15.9. The van der Waals surface area contributed by atoms with E-state index in [-0.39, 0.29) is 11.1 Å². The second-order valence-electron chi connectivity index (χ2n) is 7.29. The molecule has 166 valence electrons. The first kappa shape index (κ1) is 23.0. The first-order valence-electron chi connectivity index (χ1n) is 9.95. The summed E-state index contributed by atoms with van der Waals surface area (Å²) in [5.74, 6) is 1.88. The molecule has 2 heterocycles. The monoisotopic (exact) mass is 472 g/mol. The van der Waals surface area contributed by atoms with E-state index in [1.54, 1.807) is 24.3 Å². The Kier molecular flexibility index (Phi) is 6.34. The lowest BCUT2D eigenvalue weighted by Crippen LogP contribution is -2.45. The number of aromatic nitrogens is 3. The summed E-state index contributed by atoms with van der Waals surface area (Å²) in [5, 5.41) is 20.6. The smallest absolute Gasteiger partial charge is 0.326 e. The fourth-order valence-corrected chi connectivity index (χ4v) is 3.44. The Balaban J connectivity index is 1.71. The summed E-state index contributed by atoms with van der Waals surface area (Å²) in [6.45, 7) is 0. The second kappa shape index (κ2) is 9.36. The summed E-state index contributed by atoms with van der Waals surface area (Å²) >= 11 is 5.91. The van der Waals surface area contributed by atoms with Crippen LogP contribution in [0.25, 0.3) is 0 Å². The van der Waals surface area contributed by atoms with Crippen molar-refractivity contribution in [1.82, 2.24) is 15.0 Å². The third kappa shape index (κ3) is 4.35. The average molecular weight is 473 g/mol. The molecule has 0 saturated carbocycles. The molecular weight excluding hydrogens is 458 g/mol. The minimum Gasteiger partial charge on any atom is -0.374 e. The van der Waals surface area contributed by atoms with E-state index in [0.29, 0.717) is 21.7 Å². The molecule has 0 aliphatic heterocycles. The Hall–Kier alpha value is -4.17. The molecule has 4 aromatic rings. The van der Waals surface area contributed by atoms with Gasteiger partial charge in [-0.3, -0.25) is 4.98 Å². The number of halogens is 3. The van der Waals surface area contributed by atoms with Gasteiger partial charge in [0, 0.05) is 40.3 Å². The fourth-order valence-electron chi connectivity index (χ4n) is 3.32. The first-order chi connectivity index (χ1) is 16.3. The summed E-state index contributed by atoms with van der Waals surface area (Å²) in [4.78, 5) is 11.5. The van der Waals surface area contributed by atoms with Gasteiger partial charge in [-0.25, -0.2) is 9.97 Å². The molecule has 34 heavy (non-hydrogen) atoms. The molecule has 0 amide bonds. The summed E-state index contributed by atoms with van der Waals surface area (Å²) in [5.41, 5.74) is -2.18. The van der Waals surface area contributed by atoms with E-state index in [1.165, 1.54) is 42.9 Å². The van der Waals surface area contributed by atoms with E-state index in [9.17, 15) is 5.11 Å². The first-order valence-corrected chi connectivity index (χ1v) is 10.3. The molecule has 0 fully saturated rings. The average Bonchev–Trinajstić information content (AvgIpc) is 2.88. The summed E-state index contributed by atoms with van der Waals surface area (Å²) in [6.07, 6.45) is 4.66. The number of hydrogen-bond donors (Lipinski definition) is 1. The number of aliphatic hydroxyl groups is 1. The lowest BCUT2D eigenvalue weighted by molar-refractivity contribution is -0.174. The van der Waals surface area contributed by atoms with Crippen molar-refractivity contribution in [1.29, 1.82) is 5.26 Å². The molecule has 0 aliphatic carbocycles. The highest BCUT2D eigenvalue weighted by Gasteiger charge is 2.57. The lowest BCUT2D eigenvalue weighted by Gasteiger charge is -2.36. The molecule has 2 aromatic heterocycles. The van der Waals surface area contributed by atoms with Crippen LogP contribution in [0.4, 0.5) is 8.78 Å². The molecule has 8 heteroatoms. The van der Waals surface area contributed by atoms with Crippen LogP contribution in [0.2, 0.25) is 5.02 Å². The van der Waals surface area contributed by atoms with E-state index in [2.05, 4.69) is 26.8 Å². The van der Waals surface area contributed by atoms with Gasteiger partial charge in [0.15, 0.2) is 5.60 Å². The predicted molar refractivity (Wildman–Crippen MR) is 122 cm³/mol. The van der Waals surface area contributed by atoms with Crippen LogP contribution >= 0.6 is 11.6 Å². The Morgan fingerprint density at radius 3 is 1.94 bits per heavy atom. The molecule has 0 bridgehead atoms. The van der Waals surface area contributed by atoms with Gasteiger partial charge < -0.3 is 5.11 Å². The van der Waals surface area contributed by atoms with Crippen LogP contribution in [0.15, 0.2) is 85.6 Å². The van der Waals surface area contributed by atoms with Gasteiger partial charge in [-0.15, -0.1) is 0 Å². The highest BCUT2D eigenvalue weighted by Crippen LogP contribution is 2.48. The summed E-state index contributed by atoms with van der Waals surface area (Å²) in [7, 11) is 0. The van der Waals surface area contributed by atoms with Crippen molar-refractivity contribution in [3.05, 3.63) is 124 Å². The Morgan fingerprint density at radius 1 is 0.765 bits per heavy atom. The maximum Gasteiger partial charge on any atom is 0.326 e. The van der Waals surface area contributed by atoms with E-state index < -0.39 is 17.2 Å². The van der Waals surface area contributed by atoms with Crippen molar-refractivity contribution in [3.8, 4) is 17.9 Å². The fraction of sp³-hybridized carbons (Fsp3) is 0.0769. The normalized spacial score (nSPS) is 12.7. The third-order valence-electron chi connectivity index (χ3n) is 5.15. The zero-order valence-corrected chi connectivity index (χ0v) is 18.2. The molecule has 0 spiro atoms. The number of benzene rings is 2. The zero-order valence-electron chi connectivity index (χ0n) is 17.5. The second-order valence-corrected chi connectivity index (χ2v) is 7.73. The molecule has 0 radical (unpaired) electrons. The van der Waals surface area contributed by atoms with Crippen LogP contribution in [0.5, 0.6) is 0 Å². The van der Waals surface area contributed by atoms with Crippen molar-refractivity contribution in [2.45, 2.75) is 11.5 Å². The molecule has 1 atom stereocenters. The van der Waals surface area contributed by atoms with Crippen LogP contribution in [0, 0.1) is 23.2 Å². The molecule has 2 aromatic carbocycles. The number of nitriles is 1. The molecule has 1 unspecified atom stereocenters. The topological polar surface area (TPSA) is 82.7 Å². The van der Waals surface area contributed by atoms with Crippen molar-refractivity contribution in [2.75, 3.05) is 0 Å². The highest BCUT2D eigenvalue weighted by molar-refractivity contribution is 6.30.